The average molecular weight is 230 g/mol. The van der Waals surface area contributed by atoms with E-state index in [0.29, 0.717) is 0 Å². The van der Waals surface area contributed by atoms with Crippen molar-refractivity contribution in [2.75, 3.05) is 6.54 Å². The van der Waals surface area contributed by atoms with Crippen molar-refractivity contribution in [2.24, 2.45) is 9.98 Å². The van der Waals surface area contributed by atoms with Gasteiger partial charge in [0.05, 0.1) is 6.54 Å². The molecule has 1 heterocycles. The van der Waals surface area contributed by atoms with Gasteiger partial charge in [0, 0.05) is 6.21 Å². The summed E-state index contributed by atoms with van der Waals surface area (Å²) in [6.07, 6.45) is 15.3. The summed E-state index contributed by atoms with van der Waals surface area (Å²) in [5.74, 6) is 0. The Bertz CT molecular complexity index is 437. The fourth-order valence-corrected chi connectivity index (χ4v) is 2.16. The highest BCUT2D eigenvalue weighted by molar-refractivity contribution is 8.17. The number of hydrogen-bond acceptors (Lipinski definition) is 3. The molecule has 2 nitrogen and oxygen atoms in total. The molecular weight excluding hydrogens is 216 g/mol. The predicted molar refractivity (Wildman–Crippen MR) is 73.1 cm³/mol. The molecule has 0 radical (unpaired) electrons. The van der Waals surface area contributed by atoms with Crippen molar-refractivity contribution >= 4 is 23.1 Å². The number of amidine groups is 1. The van der Waals surface area contributed by atoms with E-state index in [2.05, 4.69) is 41.2 Å². The molecule has 2 aliphatic rings. The van der Waals surface area contributed by atoms with Crippen LogP contribution in [0, 0.1) is 0 Å². The van der Waals surface area contributed by atoms with Crippen LogP contribution in [0.2, 0.25) is 0 Å². The zero-order valence-electron chi connectivity index (χ0n) is 9.26. The van der Waals surface area contributed by atoms with Gasteiger partial charge in [0.15, 0.2) is 5.17 Å². The number of thioether (sulfide) groups is 1. The summed E-state index contributed by atoms with van der Waals surface area (Å²) >= 11 is 1.65. The molecule has 2 rings (SSSR count). The fraction of sp³-hybridized carbons (Fsp3) is 0.231. The maximum Gasteiger partial charge on any atom is 0.187 e. The number of hydrogen-bond donors (Lipinski definition) is 0. The van der Waals surface area contributed by atoms with Crippen LogP contribution < -0.4 is 0 Å². The Morgan fingerprint density at radius 1 is 1.25 bits per heavy atom. The molecule has 0 aromatic heterocycles. The minimum atomic E-state index is 0.723. The van der Waals surface area contributed by atoms with E-state index in [4.69, 9.17) is 0 Å². The molecule has 0 N–H and O–H groups in total. The van der Waals surface area contributed by atoms with E-state index in [9.17, 15) is 0 Å². The molecule has 0 bridgehead atoms. The molecule has 3 heteroatoms. The fourth-order valence-electron chi connectivity index (χ4n) is 1.36. The van der Waals surface area contributed by atoms with E-state index in [1.807, 2.05) is 12.2 Å². The highest BCUT2D eigenvalue weighted by Gasteiger charge is 2.04. The van der Waals surface area contributed by atoms with E-state index in [-0.39, 0.29) is 0 Å². The second-order valence-electron chi connectivity index (χ2n) is 3.58. The first-order chi connectivity index (χ1) is 7.84. The summed E-state index contributed by atoms with van der Waals surface area (Å²) in [5.41, 5.74) is 1.28. The van der Waals surface area contributed by atoms with Crippen molar-refractivity contribution in [3.8, 4) is 0 Å². The van der Waals surface area contributed by atoms with E-state index in [1.54, 1.807) is 18.0 Å². The molecule has 0 aromatic carbocycles. The first-order valence-electron chi connectivity index (χ1n) is 5.30. The largest absolute Gasteiger partial charge is 0.256 e. The van der Waals surface area contributed by atoms with Crippen LogP contribution in [-0.4, -0.2) is 17.9 Å². The minimum Gasteiger partial charge on any atom is -0.256 e. The SMILES string of the molecule is CC1=CC=C(SC2=NCC=CC=N2)CC=C1. The zero-order valence-corrected chi connectivity index (χ0v) is 10.1. The third-order valence-corrected chi connectivity index (χ3v) is 3.18. The summed E-state index contributed by atoms with van der Waals surface area (Å²) in [5, 5.41) is 0.845. The number of rotatable bonds is 1. The van der Waals surface area contributed by atoms with Gasteiger partial charge in [-0.3, -0.25) is 4.99 Å². The number of nitrogens with zero attached hydrogens (tertiary/aromatic N) is 2. The summed E-state index contributed by atoms with van der Waals surface area (Å²) in [6.45, 7) is 2.83. The van der Waals surface area contributed by atoms with Crippen LogP contribution >= 0.6 is 11.8 Å². The van der Waals surface area contributed by atoms with Crippen molar-refractivity contribution in [1.29, 1.82) is 0 Å². The predicted octanol–water partition coefficient (Wildman–Crippen LogP) is 3.51. The van der Waals surface area contributed by atoms with Gasteiger partial charge < -0.3 is 0 Å². The Morgan fingerprint density at radius 2 is 2.19 bits per heavy atom. The van der Waals surface area contributed by atoms with Crippen LogP contribution in [-0.2, 0) is 0 Å². The highest BCUT2D eigenvalue weighted by Crippen LogP contribution is 2.25. The van der Waals surface area contributed by atoms with Crippen LogP contribution in [0.4, 0.5) is 0 Å². The average Bonchev–Trinajstić information content (AvgIpc) is 2.63. The Labute approximate surface area is 100 Å². The van der Waals surface area contributed by atoms with Gasteiger partial charge in [-0.25, -0.2) is 4.99 Å². The lowest BCUT2D eigenvalue weighted by Crippen LogP contribution is -1.89. The third kappa shape index (κ3) is 3.35. The zero-order chi connectivity index (χ0) is 11.2. The maximum absolute atomic E-state index is 4.38. The van der Waals surface area contributed by atoms with Crippen molar-refractivity contribution < 1.29 is 0 Å². The molecule has 0 amide bonds. The second kappa shape index (κ2) is 5.66. The van der Waals surface area contributed by atoms with Gasteiger partial charge >= 0.3 is 0 Å². The number of aliphatic imine (C=N–C) groups is 2. The molecule has 1 aliphatic carbocycles. The lowest BCUT2D eigenvalue weighted by molar-refractivity contribution is 1.25. The van der Waals surface area contributed by atoms with Crippen LogP contribution in [0.5, 0.6) is 0 Å². The van der Waals surface area contributed by atoms with E-state index >= 15 is 0 Å². The molecule has 0 atom stereocenters. The van der Waals surface area contributed by atoms with Gasteiger partial charge in [0.2, 0.25) is 0 Å². The third-order valence-electron chi connectivity index (χ3n) is 2.19. The van der Waals surface area contributed by atoms with Gasteiger partial charge in [-0.05, 0) is 24.3 Å². The van der Waals surface area contributed by atoms with E-state index < -0.39 is 0 Å². The Hall–Kier alpha value is -1.35. The van der Waals surface area contributed by atoms with Crippen molar-refractivity contribution in [1.82, 2.24) is 0 Å². The quantitative estimate of drug-likeness (QED) is 0.676. The van der Waals surface area contributed by atoms with Crippen LogP contribution in [0.15, 0.2) is 56.9 Å². The molecule has 0 saturated carbocycles. The van der Waals surface area contributed by atoms with Gasteiger partial charge in [-0.2, -0.15) is 0 Å². The Balaban J connectivity index is 2.05. The minimum absolute atomic E-state index is 0.723. The Kier molecular flexibility index (Phi) is 3.94. The summed E-state index contributed by atoms with van der Waals surface area (Å²) < 4.78 is 0. The smallest absolute Gasteiger partial charge is 0.187 e. The Morgan fingerprint density at radius 3 is 3.12 bits per heavy atom. The molecule has 16 heavy (non-hydrogen) atoms. The van der Waals surface area contributed by atoms with Crippen LogP contribution in [0.3, 0.4) is 0 Å². The summed E-state index contributed by atoms with van der Waals surface area (Å²) in [6, 6.07) is 0. The highest BCUT2D eigenvalue weighted by atomic mass is 32.2. The maximum atomic E-state index is 4.38. The van der Waals surface area contributed by atoms with Gasteiger partial charge in [-0.15, -0.1) is 0 Å². The van der Waals surface area contributed by atoms with Crippen LogP contribution in [0.1, 0.15) is 13.3 Å². The standard InChI is InChI=1S/C13H14N2S/c1-11-5-4-6-12(8-7-11)16-13-14-9-2-3-10-15-13/h2-5,7-9H,6,10H2,1H3. The topological polar surface area (TPSA) is 24.7 Å². The molecule has 0 spiro atoms. The molecule has 0 unspecified atom stereocenters. The summed E-state index contributed by atoms with van der Waals surface area (Å²) in [4.78, 5) is 9.94. The molecule has 0 aromatic rings. The van der Waals surface area contributed by atoms with Gasteiger partial charge in [0.1, 0.15) is 0 Å². The molecule has 1 aliphatic heterocycles. The van der Waals surface area contributed by atoms with Crippen LogP contribution in [0.25, 0.3) is 0 Å². The number of allylic oxidation sites excluding steroid dienone is 7. The molecule has 0 fully saturated rings. The first-order valence-corrected chi connectivity index (χ1v) is 6.12. The van der Waals surface area contributed by atoms with Gasteiger partial charge in [-0.1, -0.05) is 47.7 Å². The van der Waals surface area contributed by atoms with E-state index in [1.165, 1.54) is 10.5 Å². The normalized spacial score (nSPS) is 19.7. The van der Waals surface area contributed by atoms with E-state index in [0.717, 1.165) is 18.1 Å². The lowest BCUT2D eigenvalue weighted by Gasteiger charge is -2.01. The van der Waals surface area contributed by atoms with Crippen molar-refractivity contribution in [3.05, 3.63) is 46.9 Å². The molecule has 82 valence electrons. The summed E-state index contributed by atoms with van der Waals surface area (Å²) in [7, 11) is 0. The lowest BCUT2D eigenvalue weighted by atomic mass is 10.3. The van der Waals surface area contributed by atoms with Gasteiger partial charge in [0.25, 0.3) is 0 Å². The van der Waals surface area contributed by atoms with Crippen molar-refractivity contribution in [3.63, 3.8) is 0 Å². The monoisotopic (exact) mass is 230 g/mol. The first kappa shape index (κ1) is 11.1. The molecule has 0 saturated heterocycles. The second-order valence-corrected chi connectivity index (χ2v) is 4.68. The molecular formula is C13H14N2S. The van der Waals surface area contributed by atoms with Crippen molar-refractivity contribution in [2.45, 2.75) is 13.3 Å².